The fraction of sp³-hybridized carbons (Fsp3) is 0.111. The predicted octanol–water partition coefficient (Wildman–Crippen LogP) is 2.14. The van der Waals surface area contributed by atoms with E-state index in [2.05, 4.69) is 0 Å². The molecule has 3 heteroatoms. The van der Waals surface area contributed by atoms with E-state index >= 15 is 0 Å². The van der Waals surface area contributed by atoms with Crippen molar-refractivity contribution in [3.8, 4) is 0 Å². The van der Waals surface area contributed by atoms with Gasteiger partial charge in [0.05, 0.1) is 0 Å². The van der Waals surface area contributed by atoms with E-state index in [1.54, 1.807) is 24.3 Å². The van der Waals surface area contributed by atoms with Crippen LogP contribution in [0.15, 0.2) is 29.2 Å². The van der Waals surface area contributed by atoms with Crippen LogP contribution in [0.5, 0.6) is 0 Å². The second kappa shape index (κ2) is 4.07. The summed E-state index contributed by atoms with van der Waals surface area (Å²) in [5.74, 6) is 0. The van der Waals surface area contributed by atoms with Gasteiger partial charge in [0.1, 0.15) is 0 Å². The maximum absolute atomic E-state index is 10.7. The second-order valence-electron chi connectivity index (χ2n) is 2.25. The number of thioether (sulfide) groups is 1. The lowest BCUT2D eigenvalue weighted by molar-refractivity contribution is -0.109. The lowest BCUT2D eigenvalue weighted by Gasteiger charge is -1.98. The molecule has 0 heterocycles. The van der Waals surface area contributed by atoms with Crippen molar-refractivity contribution in [1.29, 1.82) is 0 Å². The van der Waals surface area contributed by atoms with Gasteiger partial charge in [-0.3, -0.25) is 9.59 Å². The number of aldehydes is 1. The first-order valence-electron chi connectivity index (χ1n) is 3.46. The Hall–Kier alpha value is -1.09. The Bertz CT molecular complexity index is 307. The standard InChI is InChI=1S/C9H8O2S/c1-7(11)12-9-5-3-2-4-8(9)6-10/h2-6H,1H3. The largest absolute Gasteiger partial charge is 0.298 e. The summed E-state index contributed by atoms with van der Waals surface area (Å²) in [4.78, 5) is 21.9. The van der Waals surface area contributed by atoms with Crippen LogP contribution in [0.25, 0.3) is 0 Å². The van der Waals surface area contributed by atoms with Crippen LogP contribution < -0.4 is 0 Å². The van der Waals surface area contributed by atoms with Gasteiger partial charge in [-0.1, -0.05) is 30.0 Å². The molecule has 2 nitrogen and oxygen atoms in total. The summed E-state index contributed by atoms with van der Waals surface area (Å²) < 4.78 is 0. The second-order valence-corrected chi connectivity index (χ2v) is 3.47. The number of rotatable bonds is 2. The minimum Gasteiger partial charge on any atom is -0.298 e. The number of carbonyl (C=O) groups is 2. The van der Waals surface area contributed by atoms with Gasteiger partial charge in [0.25, 0.3) is 0 Å². The summed E-state index contributed by atoms with van der Waals surface area (Å²) in [6, 6.07) is 7.03. The van der Waals surface area contributed by atoms with Crippen LogP contribution in [0.3, 0.4) is 0 Å². The van der Waals surface area contributed by atoms with Crippen molar-refractivity contribution >= 4 is 23.2 Å². The molecule has 1 aromatic carbocycles. The van der Waals surface area contributed by atoms with Crippen LogP contribution in [-0.2, 0) is 4.79 Å². The fourth-order valence-electron chi connectivity index (χ4n) is 0.826. The molecule has 62 valence electrons. The van der Waals surface area contributed by atoms with Crippen molar-refractivity contribution < 1.29 is 9.59 Å². The summed E-state index contributed by atoms with van der Waals surface area (Å²) in [7, 11) is 0. The lowest BCUT2D eigenvalue weighted by atomic mass is 10.2. The average Bonchev–Trinajstić information content (AvgIpc) is 2.04. The topological polar surface area (TPSA) is 34.1 Å². The zero-order valence-electron chi connectivity index (χ0n) is 6.61. The predicted molar refractivity (Wildman–Crippen MR) is 48.4 cm³/mol. The molecule has 0 aliphatic heterocycles. The van der Waals surface area contributed by atoms with Crippen LogP contribution >= 0.6 is 11.8 Å². The van der Waals surface area contributed by atoms with Gasteiger partial charge in [-0.2, -0.15) is 0 Å². The van der Waals surface area contributed by atoms with Crippen molar-refractivity contribution in [2.24, 2.45) is 0 Å². The van der Waals surface area contributed by atoms with Gasteiger partial charge < -0.3 is 0 Å². The molecule has 0 fully saturated rings. The van der Waals surface area contributed by atoms with Gasteiger partial charge in [-0.15, -0.1) is 0 Å². The number of carbonyl (C=O) groups excluding carboxylic acids is 2. The molecule has 0 unspecified atom stereocenters. The SMILES string of the molecule is CC(=O)Sc1ccccc1C=O. The number of hydrogen-bond donors (Lipinski definition) is 0. The van der Waals surface area contributed by atoms with E-state index in [0.29, 0.717) is 5.56 Å². The smallest absolute Gasteiger partial charge is 0.190 e. The van der Waals surface area contributed by atoms with E-state index in [1.165, 1.54) is 6.92 Å². The molecule has 0 bridgehead atoms. The van der Waals surface area contributed by atoms with E-state index in [1.807, 2.05) is 0 Å². The summed E-state index contributed by atoms with van der Waals surface area (Å²) in [5, 5.41) is -0.00991. The Morgan fingerprint density at radius 1 is 1.42 bits per heavy atom. The highest BCUT2D eigenvalue weighted by molar-refractivity contribution is 8.13. The minimum absolute atomic E-state index is 0.00991. The molecule has 12 heavy (non-hydrogen) atoms. The molecule has 0 N–H and O–H groups in total. The van der Waals surface area contributed by atoms with Gasteiger partial charge in [0, 0.05) is 17.4 Å². The molecule has 0 saturated heterocycles. The molecule has 0 saturated carbocycles. The van der Waals surface area contributed by atoms with E-state index in [-0.39, 0.29) is 5.12 Å². The van der Waals surface area contributed by atoms with E-state index in [4.69, 9.17) is 0 Å². The molecular formula is C9H8O2S. The third kappa shape index (κ3) is 2.20. The Morgan fingerprint density at radius 3 is 2.67 bits per heavy atom. The summed E-state index contributed by atoms with van der Waals surface area (Å²) in [5.41, 5.74) is 0.567. The molecule has 0 atom stereocenters. The highest BCUT2D eigenvalue weighted by Crippen LogP contribution is 2.21. The first kappa shape index (κ1) is 9.00. The van der Waals surface area contributed by atoms with Crippen molar-refractivity contribution in [3.63, 3.8) is 0 Å². The molecule has 0 aromatic heterocycles. The molecule has 0 radical (unpaired) electrons. The minimum atomic E-state index is -0.00991. The summed E-state index contributed by atoms with van der Waals surface area (Å²) in [6.07, 6.45) is 0.755. The van der Waals surface area contributed by atoms with Gasteiger partial charge in [-0.25, -0.2) is 0 Å². The van der Waals surface area contributed by atoms with Crippen LogP contribution in [0.4, 0.5) is 0 Å². The fourth-order valence-corrected chi connectivity index (χ4v) is 1.52. The third-order valence-corrected chi connectivity index (χ3v) is 2.18. The molecule has 1 aromatic rings. The third-order valence-electron chi connectivity index (χ3n) is 1.30. The number of hydrogen-bond acceptors (Lipinski definition) is 3. The highest BCUT2D eigenvalue weighted by Gasteiger charge is 2.02. The van der Waals surface area contributed by atoms with Crippen LogP contribution in [0.1, 0.15) is 17.3 Å². The maximum atomic E-state index is 10.7. The quantitative estimate of drug-likeness (QED) is 0.516. The van der Waals surface area contributed by atoms with E-state index < -0.39 is 0 Å². The molecule has 1 rings (SSSR count). The van der Waals surface area contributed by atoms with E-state index in [9.17, 15) is 9.59 Å². The Morgan fingerprint density at radius 2 is 2.08 bits per heavy atom. The first-order valence-corrected chi connectivity index (χ1v) is 4.28. The number of benzene rings is 1. The molecule has 0 aliphatic rings. The first-order chi connectivity index (χ1) is 5.74. The molecular weight excluding hydrogens is 172 g/mol. The zero-order chi connectivity index (χ0) is 8.97. The zero-order valence-corrected chi connectivity index (χ0v) is 7.43. The molecule has 0 aliphatic carbocycles. The summed E-state index contributed by atoms with van der Waals surface area (Å²) >= 11 is 1.08. The van der Waals surface area contributed by atoms with Crippen LogP contribution in [0, 0.1) is 0 Å². The van der Waals surface area contributed by atoms with E-state index in [0.717, 1.165) is 22.9 Å². The Kier molecular flexibility index (Phi) is 3.05. The summed E-state index contributed by atoms with van der Waals surface area (Å²) in [6.45, 7) is 1.48. The molecule has 0 amide bonds. The van der Waals surface area contributed by atoms with Crippen LogP contribution in [-0.4, -0.2) is 11.4 Å². The lowest BCUT2D eigenvalue weighted by Crippen LogP contribution is -1.87. The van der Waals surface area contributed by atoms with Gasteiger partial charge in [0.2, 0.25) is 0 Å². The molecule has 0 spiro atoms. The maximum Gasteiger partial charge on any atom is 0.190 e. The van der Waals surface area contributed by atoms with Crippen molar-refractivity contribution in [1.82, 2.24) is 0 Å². The Labute approximate surface area is 75.0 Å². The highest BCUT2D eigenvalue weighted by atomic mass is 32.2. The van der Waals surface area contributed by atoms with Crippen LogP contribution in [0.2, 0.25) is 0 Å². The van der Waals surface area contributed by atoms with Gasteiger partial charge in [0.15, 0.2) is 11.4 Å². The van der Waals surface area contributed by atoms with Crippen molar-refractivity contribution in [2.75, 3.05) is 0 Å². The van der Waals surface area contributed by atoms with Crippen molar-refractivity contribution in [3.05, 3.63) is 29.8 Å². The van der Waals surface area contributed by atoms with Gasteiger partial charge in [-0.05, 0) is 6.07 Å². The normalized spacial score (nSPS) is 9.42. The van der Waals surface area contributed by atoms with Crippen molar-refractivity contribution in [2.45, 2.75) is 11.8 Å². The van der Waals surface area contributed by atoms with Gasteiger partial charge >= 0.3 is 0 Å². The Balaban J connectivity index is 2.96. The monoisotopic (exact) mass is 180 g/mol. The average molecular weight is 180 g/mol.